The molecule has 13 heavy (non-hydrogen) atoms. The smallest absolute Gasteiger partial charge is 0.231 e. The maximum atomic E-state index is 7.47. The van der Waals surface area contributed by atoms with Crippen LogP contribution in [0.4, 0.5) is 0 Å². The van der Waals surface area contributed by atoms with E-state index < -0.39 is 0 Å². The third-order valence-corrected chi connectivity index (χ3v) is 2.22. The van der Waals surface area contributed by atoms with Crippen molar-refractivity contribution in [1.82, 2.24) is 0 Å². The van der Waals surface area contributed by atoms with Gasteiger partial charge in [-0.2, -0.15) is 0 Å². The van der Waals surface area contributed by atoms with Crippen LogP contribution in [-0.2, 0) is 11.3 Å². The quantitative estimate of drug-likeness (QED) is 0.649. The van der Waals surface area contributed by atoms with Gasteiger partial charge in [-0.15, -0.1) is 0 Å². The molecule has 0 amide bonds. The Morgan fingerprint density at radius 3 is 2.69 bits per heavy atom. The van der Waals surface area contributed by atoms with E-state index in [9.17, 15) is 0 Å². The molecule has 1 N–H and O–H groups in total. The van der Waals surface area contributed by atoms with Gasteiger partial charge in [0.2, 0.25) is 12.7 Å². The van der Waals surface area contributed by atoms with E-state index in [4.69, 9.17) is 19.6 Å². The predicted octanol–water partition coefficient (Wildman–Crippen LogP) is 1.27. The van der Waals surface area contributed by atoms with E-state index in [1.807, 2.05) is 6.07 Å². The summed E-state index contributed by atoms with van der Waals surface area (Å²) in [5.41, 5.74) is 1.80. The average molecular weight is 177 g/mol. The molecule has 2 aliphatic rings. The van der Waals surface area contributed by atoms with E-state index in [0.29, 0.717) is 12.4 Å². The van der Waals surface area contributed by atoms with Gasteiger partial charge in [0.25, 0.3) is 0 Å². The molecule has 0 aromatic heterocycles. The molecule has 0 radical (unpaired) electrons. The standard InChI is InChI=1S/C9H7NO3/c10-9-6-2-8-7(12-4-13-8)1-5(6)3-11-9/h1-2,10H,3-4H2. The maximum Gasteiger partial charge on any atom is 0.231 e. The Hall–Kier alpha value is -1.71. The number of rotatable bonds is 0. The molecule has 2 aliphatic heterocycles. The zero-order chi connectivity index (χ0) is 8.84. The van der Waals surface area contributed by atoms with Crippen LogP contribution in [0.5, 0.6) is 11.5 Å². The summed E-state index contributed by atoms with van der Waals surface area (Å²) in [4.78, 5) is 0. The van der Waals surface area contributed by atoms with Crippen molar-refractivity contribution in [3.63, 3.8) is 0 Å². The predicted molar refractivity (Wildman–Crippen MR) is 44.2 cm³/mol. The van der Waals surface area contributed by atoms with Crippen molar-refractivity contribution in [1.29, 1.82) is 5.41 Å². The molecule has 1 aromatic carbocycles. The SMILES string of the molecule is N=C1OCc2cc3c(cc21)OCO3. The van der Waals surface area contributed by atoms with Crippen LogP contribution in [-0.4, -0.2) is 12.7 Å². The van der Waals surface area contributed by atoms with Crippen LogP contribution < -0.4 is 9.47 Å². The summed E-state index contributed by atoms with van der Waals surface area (Å²) in [6.45, 7) is 0.733. The van der Waals surface area contributed by atoms with Crippen molar-refractivity contribution in [2.45, 2.75) is 6.61 Å². The molecule has 0 unspecified atom stereocenters. The Bertz CT molecular complexity index is 400. The van der Waals surface area contributed by atoms with Crippen molar-refractivity contribution in [3.05, 3.63) is 23.3 Å². The van der Waals surface area contributed by atoms with Gasteiger partial charge in [-0.1, -0.05) is 0 Å². The van der Waals surface area contributed by atoms with Crippen LogP contribution in [0.3, 0.4) is 0 Å². The first-order valence-corrected chi connectivity index (χ1v) is 3.99. The van der Waals surface area contributed by atoms with E-state index in [-0.39, 0.29) is 12.7 Å². The minimum atomic E-state index is 0.216. The Balaban J connectivity index is 2.22. The second-order valence-corrected chi connectivity index (χ2v) is 2.98. The summed E-state index contributed by atoms with van der Waals surface area (Å²) in [6.07, 6.45) is 0. The molecule has 3 rings (SSSR count). The molecule has 0 bridgehead atoms. The Labute approximate surface area is 74.5 Å². The van der Waals surface area contributed by atoms with E-state index in [1.165, 1.54) is 0 Å². The highest BCUT2D eigenvalue weighted by Gasteiger charge is 2.24. The van der Waals surface area contributed by atoms with Gasteiger partial charge in [-0.05, 0) is 12.1 Å². The second kappa shape index (κ2) is 2.16. The fourth-order valence-electron chi connectivity index (χ4n) is 1.54. The minimum absolute atomic E-state index is 0.216. The van der Waals surface area contributed by atoms with Gasteiger partial charge < -0.3 is 14.2 Å². The normalized spacial score (nSPS) is 17.1. The first-order chi connectivity index (χ1) is 6.34. The molecule has 4 nitrogen and oxygen atoms in total. The highest BCUT2D eigenvalue weighted by atomic mass is 16.7. The van der Waals surface area contributed by atoms with Crippen LogP contribution in [0.2, 0.25) is 0 Å². The summed E-state index contributed by atoms with van der Waals surface area (Å²) < 4.78 is 15.5. The van der Waals surface area contributed by atoms with Crippen molar-refractivity contribution in [3.8, 4) is 11.5 Å². The van der Waals surface area contributed by atoms with E-state index in [1.54, 1.807) is 6.07 Å². The summed E-state index contributed by atoms with van der Waals surface area (Å²) in [5.74, 6) is 1.67. The molecule has 0 spiro atoms. The van der Waals surface area contributed by atoms with Gasteiger partial charge in [0.05, 0.1) is 0 Å². The lowest BCUT2D eigenvalue weighted by atomic mass is 10.1. The topological polar surface area (TPSA) is 51.5 Å². The van der Waals surface area contributed by atoms with Crippen molar-refractivity contribution >= 4 is 5.90 Å². The number of nitrogens with one attached hydrogen (secondary N) is 1. The summed E-state index contributed by atoms with van der Waals surface area (Å²) in [5, 5.41) is 7.47. The molecule has 0 atom stereocenters. The molecule has 0 aliphatic carbocycles. The van der Waals surface area contributed by atoms with Crippen LogP contribution in [0.1, 0.15) is 11.1 Å². The molecule has 66 valence electrons. The van der Waals surface area contributed by atoms with Crippen LogP contribution in [0.25, 0.3) is 0 Å². The van der Waals surface area contributed by atoms with Gasteiger partial charge >= 0.3 is 0 Å². The van der Waals surface area contributed by atoms with Crippen molar-refractivity contribution in [2.24, 2.45) is 0 Å². The lowest BCUT2D eigenvalue weighted by Gasteiger charge is -1.98. The molecular weight excluding hydrogens is 170 g/mol. The lowest BCUT2D eigenvalue weighted by Crippen LogP contribution is -1.94. The highest BCUT2D eigenvalue weighted by Crippen LogP contribution is 2.37. The summed E-state index contributed by atoms with van der Waals surface area (Å²) in [7, 11) is 0. The number of hydrogen-bond acceptors (Lipinski definition) is 4. The number of benzene rings is 1. The number of hydrogen-bond donors (Lipinski definition) is 1. The van der Waals surface area contributed by atoms with E-state index in [2.05, 4.69) is 0 Å². The first-order valence-electron chi connectivity index (χ1n) is 3.99. The Morgan fingerprint density at radius 1 is 1.08 bits per heavy atom. The second-order valence-electron chi connectivity index (χ2n) is 2.98. The molecular formula is C9H7NO3. The van der Waals surface area contributed by atoms with Crippen LogP contribution >= 0.6 is 0 Å². The minimum Gasteiger partial charge on any atom is -0.473 e. The summed E-state index contributed by atoms with van der Waals surface area (Å²) in [6, 6.07) is 3.67. The van der Waals surface area contributed by atoms with E-state index >= 15 is 0 Å². The molecule has 2 heterocycles. The van der Waals surface area contributed by atoms with E-state index in [0.717, 1.165) is 16.9 Å². The van der Waals surface area contributed by atoms with Gasteiger partial charge in [-0.3, -0.25) is 5.41 Å². The fourth-order valence-corrected chi connectivity index (χ4v) is 1.54. The largest absolute Gasteiger partial charge is 0.473 e. The average Bonchev–Trinajstić information content (AvgIpc) is 2.70. The molecule has 0 saturated carbocycles. The van der Waals surface area contributed by atoms with Crippen molar-refractivity contribution < 1.29 is 14.2 Å². The van der Waals surface area contributed by atoms with Crippen LogP contribution in [0.15, 0.2) is 12.1 Å². The van der Waals surface area contributed by atoms with Crippen molar-refractivity contribution in [2.75, 3.05) is 6.79 Å². The zero-order valence-corrected chi connectivity index (χ0v) is 6.79. The first kappa shape index (κ1) is 6.77. The third-order valence-electron chi connectivity index (χ3n) is 2.22. The van der Waals surface area contributed by atoms with Gasteiger partial charge in [0, 0.05) is 11.1 Å². The summed E-state index contributed by atoms with van der Waals surface area (Å²) >= 11 is 0. The highest BCUT2D eigenvalue weighted by molar-refractivity contribution is 5.96. The zero-order valence-electron chi connectivity index (χ0n) is 6.79. The Morgan fingerprint density at radius 2 is 1.85 bits per heavy atom. The molecule has 0 saturated heterocycles. The monoisotopic (exact) mass is 177 g/mol. The molecule has 4 heteroatoms. The van der Waals surface area contributed by atoms with Gasteiger partial charge in [0.1, 0.15) is 6.61 Å². The molecule has 1 aromatic rings. The van der Waals surface area contributed by atoms with Gasteiger partial charge in [-0.25, -0.2) is 0 Å². The third kappa shape index (κ3) is 0.824. The van der Waals surface area contributed by atoms with Crippen LogP contribution in [0, 0.1) is 5.41 Å². The lowest BCUT2D eigenvalue weighted by molar-refractivity contribution is 0.173. The number of ether oxygens (including phenoxy) is 3. The Kier molecular flexibility index (Phi) is 1.12. The maximum absolute atomic E-state index is 7.47. The number of fused-ring (bicyclic) bond motifs is 2. The van der Waals surface area contributed by atoms with Gasteiger partial charge in [0.15, 0.2) is 11.5 Å². The fraction of sp³-hybridized carbons (Fsp3) is 0.222. The molecule has 0 fully saturated rings.